The number of aromatic nitrogens is 1. The second-order valence-electron chi connectivity index (χ2n) is 6.68. The van der Waals surface area contributed by atoms with Crippen LogP contribution in [0.15, 0.2) is 42.6 Å². The van der Waals surface area contributed by atoms with Crippen molar-refractivity contribution in [2.75, 3.05) is 35.6 Å². The van der Waals surface area contributed by atoms with Crippen LogP contribution in [0.5, 0.6) is 0 Å². The Balaban J connectivity index is 1.70. The summed E-state index contributed by atoms with van der Waals surface area (Å²) in [4.78, 5) is 19.0. The molecule has 1 aromatic heterocycles. The minimum atomic E-state index is -0.215. The van der Waals surface area contributed by atoms with E-state index in [0.717, 1.165) is 25.5 Å². The van der Waals surface area contributed by atoms with E-state index < -0.39 is 0 Å². The van der Waals surface area contributed by atoms with Crippen LogP contribution >= 0.6 is 0 Å². The number of anilines is 3. The van der Waals surface area contributed by atoms with E-state index in [0.29, 0.717) is 16.9 Å². The van der Waals surface area contributed by atoms with Crippen LogP contribution < -0.4 is 21.3 Å². The normalized spacial score (nSPS) is 16.7. The molecule has 1 aliphatic rings. The first kappa shape index (κ1) is 16.3. The van der Waals surface area contributed by atoms with Gasteiger partial charge in [-0.1, -0.05) is 12.1 Å². The van der Waals surface area contributed by atoms with Crippen LogP contribution in [0.25, 0.3) is 0 Å². The van der Waals surface area contributed by atoms with E-state index in [2.05, 4.69) is 34.4 Å². The second kappa shape index (κ2) is 6.49. The number of piperazine rings is 1. The van der Waals surface area contributed by atoms with E-state index in [1.807, 2.05) is 18.2 Å². The topological polar surface area (TPSA) is 83.3 Å². The fourth-order valence-corrected chi connectivity index (χ4v) is 2.85. The molecule has 126 valence electrons. The zero-order valence-electron chi connectivity index (χ0n) is 14.0. The number of benzene rings is 1. The van der Waals surface area contributed by atoms with Gasteiger partial charge in [-0.05, 0) is 38.1 Å². The number of pyridine rings is 1. The van der Waals surface area contributed by atoms with Gasteiger partial charge >= 0.3 is 0 Å². The van der Waals surface area contributed by atoms with Gasteiger partial charge in [0.25, 0.3) is 5.91 Å². The number of para-hydroxylation sites is 2. The number of nitrogen functional groups attached to an aromatic ring is 1. The van der Waals surface area contributed by atoms with Crippen LogP contribution in [0.3, 0.4) is 0 Å². The maximum Gasteiger partial charge on any atom is 0.257 e. The standard InChI is InChI=1S/C18H23N5O/c1-18(2)12-23(10-9-21-18)16-8-7-13(11-20-16)17(24)22-15-6-4-3-5-14(15)19/h3-8,11,21H,9-10,12,19H2,1-2H3,(H,22,24). The molecule has 0 spiro atoms. The number of carbonyl (C=O) groups is 1. The van der Waals surface area contributed by atoms with Gasteiger partial charge in [-0.3, -0.25) is 4.79 Å². The molecule has 4 N–H and O–H groups in total. The number of hydrogen-bond acceptors (Lipinski definition) is 5. The largest absolute Gasteiger partial charge is 0.397 e. The van der Waals surface area contributed by atoms with Crippen molar-refractivity contribution in [1.29, 1.82) is 0 Å². The molecule has 3 rings (SSSR count). The first-order valence-corrected chi connectivity index (χ1v) is 8.06. The molecule has 1 saturated heterocycles. The summed E-state index contributed by atoms with van der Waals surface area (Å²) in [6.45, 7) is 7.05. The Morgan fingerprint density at radius 2 is 2.08 bits per heavy atom. The van der Waals surface area contributed by atoms with Crippen LogP contribution in [0.4, 0.5) is 17.2 Å². The van der Waals surface area contributed by atoms with Gasteiger partial charge in [0.05, 0.1) is 16.9 Å². The summed E-state index contributed by atoms with van der Waals surface area (Å²) < 4.78 is 0. The molecule has 0 saturated carbocycles. The van der Waals surface area contributed by atoms with E-state index in [1.165, 1.54) is 0 Å². The summed E-state index contributed by atoms with van der Waals surface area (Å²) in [6.07, 6.45) is 1.61. The van der Waals surface area contributed by atoms with Gasteiger partial charge in [-0.2, -0.15) is 0 Å². The van der Waals surface area contributed by atoms with Gasteiger partial charge in [0.2, 0.25) is 0 Å². The quantitative estimate of drug-likeness (QED) is 0.753. The van der Waals surface area contributed by atoms with Crippen molar-refractivity contribution in [3.8, 4) is 0 Å². The number of carbonyl (C=O) groups excluding carboxylic acids is 1. The van der Waals surface area contributed by atoms with Gasteiger partial charge < -0.3 is 21.3 Å². The predicted octanol–water partition coefficient (Wildman–Crippen LogP) is 2.10. The minimum absolute atomic E-state index is 0.0564. The van der Waals surface area contributed by atoms with E-state index in [4.69, 9.17) is 5.73 Å². The molecule has 1 aliphatic heterocycles. The number of rotatable bonds is 3. The smallest absolute Gasteiger partial charge is 0.257 e. The van der Waals surface area contributed by atoms with Crippen LogP contribution in [0.2, 0.25) is 0 Å². The van der Waals surface area contributed by atoms with Crippen molar-refractivity contribution in [3.63, 3.8) is 0 Å². The number of nitrogens with one attached hydrogen (secondary N) is 2. The monoisotopic (exact) mass is 325 g/mol. The molecular weight excluding hydrogens is 302 g/mol. The van der Waals surface area contributed by atoms with Gasteiger partial charge in [0, 0.05) is 31.4 Å². The van der Waals surface area contributed by atoms with Crippen molar-refractivity contribution < 1.29 is 4.79 Å². The first-order chi connectivity index (χ1) is 11.4. The van der Waals surface area contributed by atoms with Gasteiger partial charge in [-0.25, -0.2) is 4.98 Å². The average molecular weight is 325 g/mol. The maximum absolute atomic E-state index is 12.3. The van der Waals surface area contributed by atoms with Crippen molar-refractivity contribution in [2.24, 2.45) is 0 Å². The number of nitrogens with zero attached hydrogens (tertiary/aromatic N) is 2. The van der Waals surface area contributed by atoms with Crippen LogP contribution in [0, 0.1) is 0 Å². The Kier molecular flexibility index (Phi) is 4.40. The molecule has 2 heterocycles. The van der Waals surface area contributed by atoms with Gasteiger partial charge in [-0.15, -0.1) is 0 Å². The summed E-state index contributed by atoms with van der Waals surface area (Å²) >= 11 is 0. The molecule has 24 heavy (non-hydrogen) atoms. The van der Waals surface area contributed by atoms with Crippen LogP contribution in [0.1, 0.15) is 24.2 Å². The lowest BCUT2D eigenvalue weighted by atomic mass is 10.0. The molecule has 0 radical (unpaired) electrons. The molecule has 1 amide bonds. The highest BCUT2D eigenvalue weighted by atomic mass is 16.1. The van der Waals surface area contributed by atoms with E-state index in [9.17, 15) is 4.79 Å². The predicted molar refractivity (Wildman–Crippen MR) is 97.3 cm³/mol. The van der Waals surface area contributed by atoms with E-state index >= 15 is 0 Å². The summed E-state index contributed by atoms with van der Waals surface area (Å²) in [5.74, 6) is 0.674. The first-order valence-electron chi connectivity index (χ1n) is 8.06. The van der Waals surface area contributed by atoms with E-state index in [1.54, 1.807) is 24.4 Å². The molecule has 0 atom stereocenters. The molecule has 1 fully saturated rings. The average Bonchev–Trinajstić information content (AvgIpc) is 2.56. The Labute approximate surface area is 142 Å². The fraction of sp³-hybridized carbons (Fsp3) is 0.333. The molecule has 2 aromatic rings. The Hall–Kier alpha value is -2.60. The van der Waals surface area contributed by atoms with Gasteiger partial charge in [0.1, 0.15) is 5.82 Å². The zero-order valence-corrected chi connectivity index (χ0v) is 14.0. The Bertz CT molecular complexity index is 726. The van der Waals surface area contributed by atoms with Crippen molar-refractivity contribution in [2.45, 2.75) is 19.4 Å². The Morgan fingerprint density at radius 3 is 2.75 bits per heavy atom. The lowest BCUT2D eigenvalue weighted by molar-refractivity contribution is 0.102. The van der Waals surface area contributed by atoms with Crippen molar-refractivity contribution in [1.82, 2.24) is 10.3 Å². The second-order valence-corrected chi connectivity index (χ2v) is 6.68. The molecule has 6 heteroatoms. The third kappa shape index (κ3) is 3.65. The molecule has 1 aromatic carbocycles. The number of nitrogens with two attached hydrogens (primary N) is 1. The molecule has 0 aliphatic carbocycles. The van der Waals surface area contributed by atoms with E-state index in [-0.39, 0.29) is 11.4 Å². The van der Waals surface area contributed by atoms with Crippen molar-refractivity contribution >= 4 is 23.1 Å². The maximum atomic E-state index is 12.3. The number of hydrogen-bond donors (Lipinski definition) is 3. The van der Waals surface area contributed by atoms with Crippen LogP contribution in [-0.2, 0) is 0 Å². The molecule has 0 unspecified atom stereocenters. The van der Waals surface area contributed by atoms with Crippen molar-refractivity contribution in [3.05, 3.63) is 48.2 Å². The summed E-state index contributed by atoms with van der Waals surface area (Å²) in [5, 5.41) is 6.29. The summed E-state index contributed by atoms with van der Waals surface area (Å²) in [5.41, 5.74) is 7.57. The molecular formula is C18H23N5O. The zero-order chi connectivity index (χ0) is 17.2. The summed E-state index contributed by atoms with van der Waals surface area (Å²) in [6, 6.07) is 10.9. The lowest BCUT2D eigenvalue weighted by Crippen LogP contribution is -2.57. The summed E-state index contributed by atoms with van der Waals surface area (Å²) in [7, 11) is 0. The Morgan fingerprint density at radius 1 is 1.29 bits per heavy atom. The lowest BCUT2D eigenvalue weighted by Gasteiger charge is -2.39. The van der Waals surface area contributed by atoms with Crippen LogP contribution in [-0.4, -0.2) is 36.1 Å². The minimum Gasteiger partial charge on any atom is -0.397 e. The van der Waals surface area contributed by atoms with Gasteiger partial charge in [0.15, 0.2) is 0 Å². The fourth-order valence-electron chi connectivity index (χ4n) is 2.85. The highest BCUT2D eigenvalue weighted by Crippen LogP contribution is 2.20. The highest BCUT2D eigenvalue weighted by molar-refractivity contribution is 6.05. The highest BCUT2D eigenvalue weighted by Gasteiger charge is 2.26. The third-order valence-electron chi connectivity index (χ3n) is 4.11. The molecule has 6 nitrogen and oxygen atoms in total. The SMILES string of the molecule is CC1(C)CN(c2ccc(C(=O)Nc3ccccc3N)cn2)CCN1. The number of amides is 1. The molecule has 0 bridgehead atoms. The third-order valence-corrected chi connectivity index (χ3v) is 4.11.